The van der Waals surface area contributed by atoms with Crippen LogP contribution in [0.25, 0.3) is 11.0 Å². The number of carbonyl (C=O) groups excluding carboxylic acids is 2. The molecule has 2 amide bonds. The summed E-state index contributed by atoms with van der Waals surface area (Å²) < 4.78 is 1.43. The average molecular weight is 421 g/mol. The second kappa shape index (κ2) is 10.0. The first-order valence-electron chi connectivity index (χ1n) is 10.5. The molecule has 2 N–H and O–H groups in total. The molecule has 162 valence electrons. The van der Waals surface area contributed by atoms with Crippen LogP contribution in [-0.4, -0.2) is 27.9 Å². The molecule has 3 rings (SSSR count). The van der Waals surface area contributed by atoms with Crippen LogP contribution in [0.1, 0.15) is 36.6 Å². The van der Waals surface area contributed by atoms with Gasteiger partial charge in [-0.2, -0.15) is 0 Å². The third-order valence-corrected chi connectivity index (χ3v) is 5.17. The van der Waals surface area contributed by atoms with E-state index in [2.05, 4.69) is 15.6 Å². The summed E-state index contributed by atoms with van der Waals surface area (Å²) in [5.41, 5.74) is 4.04. The minimum atomic E-state index is -0.350. The second-order valence-electron chi connectivity index (χ2n) is 7.64. The van der Waals surface area contributed by atoms with Gasteiger partial charge in [0, 0.05) is 25.1 Å². The van der Waals surface area contributed by atoms with Gasteiger partial charge >= 0.3 is 0 Å². The molecule has 1 aromatic heterocycles. The van der Waals surface area contributed by atoms with Gasteiger partial charge < -0.3 is 10.6 Å². The highest BCUT2D eigenvalue weighted by molar-refractivity contribution is 5.91. The van der Waals surface area contributed by atoms with Crippen LogP contribution in [0, 0.1) is 13.8 Å². The van der Waals surface area contributed by atoms with Gasteiger partial charge in [-0.05, 0) is 55.7 Å². The molecular weight excluding hydrogens is 392 g/mol. The number of aromatic nitrogens is 2. The lowest BCUT2D eigenvalue weighted by Gasteiger charge is -2.13. The fraction of sp³-hybridized carbons (Fsp3) is 0.333. The summed E-state index contributed by atoms with van der Waals surface area (Å²) in [4.78, 5) is 42.2. The van der Waals surface area contributed by atoms with E-state index >= 15 is 0 Å². The molecule has 0 aliphatic rings. The first kappa shape index (κ1) is 22.2. The number of benzene rings is 2. The summed E-state index contributed by atoms with van der Waals surface area (Å²) in [6.45, 7) is 6.44. The zero-order valence-electron chi connectivity index (χ0n) is 18.2. The van der Waals surface area contributed by atoms with Crippen LogP contribution in [0.2, 0.25) is 0 Å². The molecule has 0 aliphatic heterocycles. The smallest absolute Gasteiger partial charge is 0.273 e. The summed E-state index contributed by atoms with van der Waals surface area (Å²) in [5, 5.41) is 5.66. The van der Waals surface area contributed by atoms with E-state index < -0.39 is 0 Å². The lowest BCUT2D eigenvalue weighted by atomic mass is 10.1. The summed E-state index contributed by atoms with van der Waals surface area (Å²) in [6.07, 6.45) is 1.25. The number of para-hydroxylation sites is 2. The van der Waals surface area contributed by atoms with Crippen LogP contribution in [0.3, 0.4) is 0 Å². The molecular formula is C24H28N4O3. The molecule has 2 aromatic carbocycles. The van der Waals surface area contributed by atoms with Crippen molar-refractivity contribution in [3.63, 3.8) is 0 Å². The van der Waals surface area contributed by atoms with Gasteiger partial charge in [0.25, 0.3) is 5.56 Å². The van der Waals surface area contributed by atoms with Gasteiger partial charge in [0.05, 0.1) is 11.0 Å². The molecule has 31 heavy (non-hydrogen) atoms. The van der Waals surface area contributed by atoms with E-state index in [1.807, 2.05) is 45.0 Å². The van der Waals surface area contributed by atoms with E-state index in [1.165, 1.54) is 4.57 Å². The zero-order chi connectivity index (χ0) is 22.4. The van der Waals surface area contributed by atoms with Gasteiger partial charge in [-0.15, -0.1) is 0 Å². The number of fused-ring (bicyclic) bond motifs is 1. The van der Waals surface area contributed by atoms with Crippen LogP contribution in [0.15, 0.2) is 47.3 Å². The lowest BCUT2D eigenvalue weighted by Crippen LogP contribution is -2.32. The third-order valence-electron chi connectivity index (χ3n) is 5.17. The fourth-order valence-corrected chi connectivity index (χ4v) is 3.31. The van der Waals surface area contributed by atoms with Crippen LogP contribution in [0.4, 0.5) is 5.69 Å². The maximum atomic E-state index is 13.1. The first-order valence-corrected chi connectivity index (χ1v) is 10.5. The van der Waals surface area contributed by atoms with Gasteiger partial charge in [-0.1, -0.05) is 25.1 Å². The van der Waals surface area contributed by atoms with Crippen molar-refractivity contribution in [2.75, 3.05) is 11.9 Å². The Bertz CT molecular complexity index is 1170. The topological polar surface area (TPSA) is 93.1 Å². The highest BCUT2D eigenvalue weighted by Gasteiger charge is 2.15. The minimum Gasteiger partial charge on any atom is -0.356 e. The summed E-state index contributed by atoms with van der Waals surface area (Å²) in [5.74, 6) is -0.413. The van der Waals surface area contributed by atoms with Crippen molar-refractivity contribution in [3.05, 3.63) is 69.6 Å². The van der Waals surface area contributed by atoms with Gasteiger partial charge in [0.15, 0.2) is 0 Å². The number of rotatable bonds is 8. The van der Waals surface area contributed by atoms with E-state index in [1.54, 1.807) is 18.2 Å². The number of carbonyl (C=O) groups is 2. The van der Waals surface area contributed by atoms with Crippen LogP contribution < -0.4 is 16.2 Å². The van der Waals surface area contributed by atoms with Crippen molar-refractivity contribution in [1.82, 2.24) is 14.9 Å². The Labute approximate surface area is 181 Å². The van der Waals surface area contributed by atoms with Crippen molar-refractivity contribution in [3.8, 4) is 0 Å². The average Bonchev–Trinajstić information content (AvgIpc) is 2.75. The van der Waals surface area contributed by atoms with Crippen molar-refractivity contribution in [2.24, 2.45) is 0 Å². The predicted octanol–water partition coefficient (Wildman–Crippen LogP) is 3.11. The molecule has 0 atom stereocenters. The molecule has 0 saturated heterocycles. The van der Waals surface area contributed by atoms with Crippen LogP contribution in [0.5, 0.6) is 0 Å². The van der Waals surface area contributed by atoms with E-state index in [0.29, 0.717) is 23.3 Å². The minimum absolute atomic E-state index is 0.116. The first-order chi connectivity index (χ1) is 14.9. The highest BCUT2D eigenvalue weighted by atomic mass is 16.2. The zero-order valence-corrected chi connectivity index (χ0v) is 18.2. The Morgan fingerprint density at radius 3 is 2.55 bits per heavy atom. The van der Waals surface area contributed by atoms with Gasteiger partial charge in [-0.3, -0.25) is 19.0 Å². The number of anilines is 1. The maximum absolute atomic E-state index is 13.1. The normalized spacial score (nSPS) is 10.8. The van der Waals surface area contributed by atoms with Crippen LogP contribution >= 0.6 is 0 Å². The number of nitrogens with one attached hydrogen (secondary N) is 2. The highest BCUT2D eigenvalue weighted by Crippen LogP contribution is 2.15. The monoisotopic (exact) mass is 420 g/mol. The van der Waals surface area contributed by atoms with Crippen molar-refractivity contribution < 1.29 is 9.59 Å². The van der Waals surface area contributed by atoms with E-state index in [-0.39, 0.29) is 42.5 Å². The number of hydrogen-bond acceptors (Lipinski definition) is 4. The van der Waals surface area contributed by atoms with Gasteiger partial charge in [0.2, 0.25) is 11.8 Å². The molecule has 3 aromatic rings. The summed E-state index contributed by atoms with van der Waals surface area (Å²) in [6, 6.07) is 12.9. The molecule has 0 bridgehead atoms. The quantitative estimate of drug-likeness (QED) is 0.586. The predicted molar refractivity (Wildman–Crippen MR) is 122 cm³/mol. The molecule has 7 nitrogen and oxygen atoms in total. The summed E-state index contributed by atoms with van der Waals surface area (Å²) >= 11 is 0. The van der Waals surface area contributed by atoms with Crippen molar-refractivity contribution >= 4 is 28.5 Å². The molecule has 0 fully saturated rings. The molecule has 0 spiro atoms. The lowest BCUT2D eigenvalue weighted by molar-refractivity contribution is -0.121. The standard InChI is InChI=1S/C24H28N4O3/c1-4-13-25-22(29)12-11-20-24(31)28(21-8-6-5-7-19(21)27-20)15-23(30)26-18-10-9-16(2)17(3)14-18/h5-10,14H,4,11-13,15H2,1-3H3,(H,25,29)(H,26,30). The SMILES string of the molecule is CCCNC(=O)CCc1nc2ccccc2n(CC(=O)Nc2ccc(C)c(C)c2)c1=O. The molecule has 0 saturated carbocycles. The Morgan fingerprint density at radius 1 is 1.03 bits per heavy atom. The molecule has 0 unspecified atom stereocenters. The fourth-order valence-electron chi connectivity index (χ4n) is 3.31. The maximum Gasteiger partial charge on any atom is 0.273 e. The number of nitrogens with zero attached hydrogens (tertiary/aromatic N) is 2. The largest absolute Gasteiger partial charge is 0.356 e. The Kier molecular flexibility index (Phi) is 7.18. The Hall–Kier alpha value is -3.48. The van der Waals surface area contributed by atoms with E-state index in [9.17, 15) is 14.4 Å². The molecule has 1 heterocycles. The molecule has 0 radical (unpaired) electrons. The summed E-state index contributed by atoms with van der Waals surface area (Å²) in [7, 11) is 0. The number of amides is 2. The van der Waals surface area contributed by atoms with Gasteiger partial charge in [0.1, 0.15) is 12.2 Å². The van der Waals surface area contributed by atoms with E-state index in [4.69, 9.17) is 0 Å². The van der Waals surface area contributed by atoms with Gasteiger partial charge in [-0.25, -0.2) is 4.98 Å². The van der Waals surface area contributed by atoms with E-state index in [0.717, 1.165) is 17.5 Å². The van der Waals surface area contributed by atoms with Crippen molar-refractivity contribution in [1.29, 1.82) is 0 Å². The van der Waals surface area contributed by atoms with Crippen LogP contribution in [-0.2, 0) is 22.6 Å². The number of aryl methyl sites for hydroxylation is 3. The molecule has 0 aliphatic carbocycles. The Balaban J connectivity index is 1.85. The Morgan fingerprint density at radius 2 is 1.81 bits per heavy atom. The van der Waals surface area contributed by atoms with Crippen molar-refractivity contribution in [2.45, 2.75) is 46.6 Å². The second-order valence-corrected chi connectivity index (χ2v) is 7.64. The molecule has 7 heteroatoms. The number of hydrogen-bond donors (Lipinski definition) is 2. The third kappa shape index (κ3) is 5.57.